The Balaban J connectivity index is 0.00000289. The molecule has 0 heterocycles. The zero-order valence-electron chi connectivity index (χ0n) is 10.9. The molecule has 0 aliphatic rings. The van der Waals surface area contributed by atoms with Gasteiger partial charge in [0.1, 0.15) is 0 Å². The van der Waals surface area contributed by atoms with E-state index in [9.17, 15) is 5.11 Å². The number of nitrogens with two attached hydrogens (primary N) is 1. The molecule has 102 valence electrons. The lowest BCUT2D eigenvalue weighted by atomic mass is 10.0. The minimum Gasteiger partial charge on any atom is -0.502 e. The van der Waals surface area contributed by atoms with Crippen LogP contribution in [0.15, 0.2) is 24.3 Å². The average molecular weight is 274 g/mol. The second-order valence-electron chi connectivity index (χ2n) is 4.04. The summed E-state index contributed by atoms with van der Waals surface area (Å²) >= 11 is 0. The van der Waals surface area contributed by atoms with Gasteiger partial charge in [-0.05, 0) is 31.0 Å². The van der Waals surface area contributed by atoms with Gasteiger partial charge in [-0.15, -0.1) is 19.0 Å². The van der Waals surface area contributed by atoms with Gasteiger partial charge in [0.25, 0.3) is 0 Å². The number of rotatable bonds is 5. The van der Waals surface area contributed by atoms with Crippen molar-refractivity contribution >= 4 is 12.4 Å². The van der Waals surface area contributed by atoms with Crippen molar-refractivity contribution in [2.45, 2.75) is 19.4 Å². The summed E-state index contributed by atoms with van der Waals surface area (Å²) in [5.74, 6) is 0.703. The first-order valence-corrected chi connectivity index (χ1v) is 5.34. The lowest BCUT2D eigenvalue weighted by Gasteiger charge is -2.16. The molecule has 18 heavy (non-hydrogen) atoms. The quantitative estimate of drug-likeness (QED) is 0.810. The van der Waals surface area contributed by atoms with Crippen LogP contribution in [0, 0.1) is 0 Å². The Morgan fingerprint density at radius 3 is 2.11 bits per heavy atom. The number of phenolic OH excluding ortho intramolecular Hbond substituents is 1. The Kier molecular flexibility index (Phi) is 6.58. The number of phenols is 1. The third kappa shape index (κ3) is 3.82. The van der Waals surface area contributed by atoms with Crippen LogP contribution in [-0.2, 0) is 0 Å². The van der Waals surface area contributed by atoms with Crippen molar-refractivity contribution in [1.29, 1.82) is 0 Å². The Bertz CT molecular complexity index is 396. The minimum absolute atomic E-state index is 0. The minimum atomic E-state index is -0.184. The van der Waals surface area contributed by atoms with E-state index in [1.54, 1.807) is 12.1 Å². The van der Waals surface area contributed by atoms with E-state index in [4.69, 9.17) is 15.2 Å². The number of aromatic hydroxyl groups is 1. The first kappa shape index (κ1) is 16.6. The van der Waals surface area contributed by atoms with Crippen LogP contribution < -0.4 is 15.2 Å². The third-order valence-electron chi connectivity index (χ3n) is 2.50. The van der Waals surface area contributed by atoms with Crippen LogP contribution in [0.25, 0.3) is 0 Å². The Morgan fingerprint density at radius 2 is 1.78 bits per heavy atom. The molecule has 0 saturated carbocycles. The van der Waals surface area contributed by atoms with Crippen molar-refractivity contribution in [3.05, 3.63) is 29.8 Å². The van der Waals surface area contributed by atoms with E-state index in [2.05, 4.69) is 6.58 Å². The number of hydrogen-bond donors (Lipinski definition) is 2. The van der Waals surface area contributed by atoms with Crippen molar-refractivity contribution in [3.8, 4) is 17.2 Å². The average Bonchev–Trinajstić information content (AvgIpc) is 2.28. The van der Waals surface area contributed by atoms with Gasteiger partial charge < -0.3 is 20.3 Å². The fourth-order valence-corrected chi connectivity index (χ4v) is 1.62. The van der Waals surface area contributed by atoms with E-state index in [1.165, 1.54) is 14.2 Å². The molecule has 1 aromatic rings. The second-order valence-corrected chi connectivity index (χ2v) is 4.04. The lowest BCUT2D eigenvalue weighted by molar-refractivity contribution is 0.338. The molecular weight excluding hydrogens is 254 g/mol. The molecule has 0 aliphatic carbocycles. The molecule has 0 aliphatic heterocycles. The van der Waals surface area contributed by atoms with Crippen LogP contribution in [0.4, 0.5) is 0 Å². The number of hydrogen-bond acceptors (Lipinski definition) is 4. The van der Waals surface area contributed by atoms with Crippen molar-refractivity contribution in [3.63, 3.8) is 0 Å². The Labute approximate surface area is 114 Å². The van der Waals surface area contributed by atoms with Gasteiger partial charge in [-0.1, -0.05) is 5.57 Å². The zero-order chi connectivity index (χ0) is 13.0. The van der Waals surface area contributed by atoms with Gasteiger partial charge in [0.15, 0.2) is 11.5 Å². The second kappa shape index (κ2) is 7.13. The molecule has 0 saturated heterocycles. The van der Waals surface area contributed by atoms with Crippen LogP contribution in [0.3, 0.4) is 0 Å². The molecule has 0 amide bonds. The summed E-state index contributed by atoms with van der Waals surface area (Å²) < 4.78 is 10.2. The summed E-state index contributed by atoms with van der Waals surface area (Å²) in [6.45, 7) is 5.76. The van der Waals surface area contributed by atoms with E-state index in [0.717, 1.165) is 11.1 Å². The van der Waals surface area contributed by atoms with Gasteiger partial charge in [-0.3, -0.25) is 0 Å². The van der Waals surface area contributed by atoms with E-state index in [0.29, 0.717) is 17.9 Å². The summed E-state index contributed by atoms with van der Waals surface area (Å²) in [4.78, 5) is 0. The van der Waals surface area contributed by atoms with Gasteiger partial charge >= 0.3 is 0 Å². The monoisotopic (exact) mass is 273 g/mol. The number of benzene rings is 1. The van der Waals surface area contributed by atoms with E-state index >= 15 is 0 Å². The summed E-state index contributed by atoms with van der Waals surface area (Å²) in [6.07, 6.45) is 0.678. The predicted octanol–water partition coefficient (Wildman–Crippen LogP) is 2.80. The molecule has 0 bridgehead atoms. The maximum atomic E-state index is 9.77. The maximum Gasteiger partial charge on any atom is 0.200 e. The first-order chi connectivity index (χ1) is 7.99. The van der Waals surface area contributed by atoms with Gasteiger partial charge in [-0.25, -0.2) is 0 Å². The molecular formula is C13H20ClNO3. The molecule has 0 spiro atoms. The topological polar surface area (TPSA) is 64.7 Å². The summed E-state index contributed by atoms with van der Waals surface area (Å²) in [7, 11) is 2.98. The molecule has 0 aromatic heterocycles. The molecule has 0 fully saturated rings. The number of halogens is 1. The summed E-state index contributed by atoms with van der Waals surface area (Å²) in [5, 5.41) is 9.77. The summed E-state index contributed by atoms with van der Waals surface area (Å²) in [5.41, 5.74) is 7.89. The summed E-state index contributed by atoms with van der Waals surface area (Å²) in [6, 6.07) is 3.24. The standard InChI is InChI=1S/C13H19NO3.ClH/c1-8(2)5-10(14)9-6-11(16-3)13(15)12(7-9)17-4;/h6-7,10,15H,1,5,14H2,2-4H3;1H/t10-;/m0./s1. The molecule has 3 N–H and O–H groups in total. The molecule has 0 radical (unpaired) electrons. The van der Waals surface area contributed by atoms with Crippen LogP contribution in [0.5, 0.6) is 17.2 Å². The molecule has 0 unspecified atom stereocenters. The fraction of sp³-hybridized carbons (Fsp3) is 0.385. The highest BCUT2D eigenvalue weighted by molar-refractivity contribution is 5.85. The Hall–Kier alpha value is -1.39. The number of ether oxygens (including phenoxy) is 2. The van der Waals surface area contributed by atoms with Crippen LogP contribution in [-0.4, -0.2) is 19.3 Å². The van der Waals surface area contributed by atoms with Gasteiger partial charge in [0.2, 0.25) is 5.75 Å². The molecule has 4 nitrogen and oxygen atoms in total. The fourth-order valence-electron chi connectivity index (χ4n) is 1.62. The van der Waals surface area contributed by atoms with Gasteiger partial charge in [0.05, 0.1) is 14.2 Å². The van der Waals surface area contributed by atoms with Crippen LogP contribution in [0.2, 0.25) is 0 Å². The highest BCUT2D eigenvalue weighted by atomic mass is 35.5. The van der Waals surface area contributed by atoms with Gasteiger partial charge in [0, 0.05) is 6.04 Å². The van der Waals surface area contributed by atoms with Crippen molar-refractivity contribution in [1.82, 2.24) is 0 Å². The van der Waals surface area contributed by atoms with Crippen LogP contribution >= 0.6 is 12.4 Å². The predicted molar refractivity (Wildman–Crippen MR) is 74.8 cm³/mol. The largest absolute Gasteiger partial charge is 0.502 e. The van der Waals surface area contributed by atoms with Crippen molar-refractivity contribution < 1.29 is 14.6 Å². The van der Waals surface area contributed by atoms with Crippen molar-refractivity contribution in [2.75, 3.05) is 14.2 Å². The zero-order valence-corrected chi connectivity index (χ0v) is 11.7. The molecule has 5 heteroatoms. The maximum absolute atomic E-state index is 9.77. The molecule has 1 atom stereocenters. The third-order valence-corrected chi connectivity index (χ3v) is 2.50. The van der Waals surface area contributed by atoms with E-state index in [-0.39, 0.29) is 24.2 Å². The highest BCUT2D eigenvalue weighted by Crippen LogP contribution is 2.39. The highest BCUT2D eigenvalue weighted by Gasteiger charge is 2.15. The Morgan fingerprint density at radius 1 is 1.33 bits per heavy atom. The lowest BCUT2D eigenvalue weighted by Crippen LogP contribution is -2.10. The van der Waals surface area contributed by atoms with Gasteiger partial charge in [-0.2, -0.15) is 0 Å². The van der Waals surface area contributed by atoms with E-state index < -0.39 is 0 Å². The van der Waals surface area contributed by atoms with Crippen molar-refractivity contribution in [2.24, 2.45) is 5.73 Å². The molecule has 1 rings (SSSR count). The van der Waals surface area contributed by atoms with E-state index in [1.807, 2.05) is 6.92 Å². The smallest absolute Gasteiger partial charge is 0.200 e. The normalized spacial score (nSPS) is 11.3. The first-order valence-electron chi connectivity index (χ1n) is 5.34. The SMILES string of the molecule is C=C(C)C[C@H](N)c1cc(OC)c(O)c(OC)c1.Cl. The molecule has 1 aromatic carbocycles. The van der Waals surface area contributed by atoms with Crippen LogP contribution in [0.1, 0.15) is 24.9 Å². The number of methoxy groups -OCH3 is 2.